The monoisotopic (exact) mass is 301 g/mol. The van der Waals surface area contributed by atoms with E-state index in [1.54, 1.807) is 0 Å². The van der Waals surface area contributed by atoms with Gasteiger partial charge in [0.15, 0.2) is 17.6 Å². The maximum atomic E-state index is 12.3. The lowest BCUT2D eigenvalue weighted by molar-refractivity contribution is -0.133. The molecule has 2 fully saturated rings. The van der Waals surface area contributed by atoms with Crippen molar-refractivity contribution in [3.63, 3.8) is 0 Å². The summed E-state index contributed by atoms with van der Waals surface area (Å²) in [4.78, 5) is 14.2. The Labute approximate surface area is 129 Å². The third-order valence-electron chi connectivity index (χ3n) is 4.31. The van der Waals surface area contributed by atoms with Gasteiger partial charge in [-0.2, -0.15) is 0 Å². The summed E-state index contributed by atoms with van der Waals surface area (Å²) in [7, 11) is 0. The van der Waals surface area contributed by atoms with Gasteiger partial charge in [0.1, 0.15) is 6.10 Å². The number of benzene rings is 1. The summed E-state index contributed by atoms with van der Waals surface area (Å²) < 4.78 is 16.2. The van der Waals surface area contributed by atoms with Crippen LogP contribution >= 0.6 is 0 Å². The van der Waals surface area contributed by atoms with E-state index in [0.29, 0.717) is 0 Å². The average Bonchev–Trinajstić information content (AvgIpc) is 3.20. The molecule has 22 heavy (non-hydrogen) atoms. The molecule has 116 valence electrons. The van der Waals surface area contributed by atoms with Crippen LogP contribution in [-0.4, -0.2) is 42.9 Å². The number of likely N-dealkylation sites (tertiary alicyclic amines) is 1. The number of ether oxygens (including phenoxy) is 3. The van der Waals surface area contributed by atoms with E-state index in [-0.39, 0.29) is 24.9 Å². The largest absolute Gasteiger partial charge is 0.454 e. The number of carbonyl (C=O) groups is 1. The quantitative estimate of drug-likeness (QED) is 0.803. The maximum Gasteiger partial charge on any atom is 0.254 e. The molecule has 5 heteroatoms. The zero-order valence-corrected chi connectivity index (χ0v) is 12.4. The molecule has 0 N–H and O–H groups in total. The van der Waals surface area contributed by atoms with E-state index in [1.807, 2.05) is 35.3 Å². The van der Waals surface area contributed by atoms with Gasteiger partial charge in [-0.3, -0.25) is 4.79 Å². The van der Waals surface area contributed by atoms with Gasteiger partial charge in [-0.1, -0.05) is 18.2 Å². The smallest absolute Gasteiger partial charge is 0.254 e. The molecular formula is C17H19NO4. The highest BCUT2D eigenvalue weighted by atomic mass is 16.7. The minimum atomic E-state index is -0.289. The molecule has 1 aromatic rings. The average molecular weight is 301 g/mol. The Morgan fingerprint density at radius 3 is 2.82 bits per heavy atom. The van der Waals surface area contributed by atoms with Gasteiger partial charge in [0.25, 0.3) is 5.91 Å². The van der Waals surface area contributed by atoms with E-state index in [0.717, 1.165) is 43.0 Å². The molecule has 5 nitrogen and oxygen atoms in total. The third-order valence-corrected chi connectivity index (χ3v) is 4.31. The molecule has 0 aliphatic carbocycles. The second-order valence-electron chi connectivity index (χ2n) is 5.88. The fourth-order valence-electron chi connectivity index (χ4n) is 2.99. The first kappa shape index (κ1) is 13.6. The van der Waals surface area contributed by atoms with Crippen molar-refractivity contribution in [1.82, 2.24) is 4.90 Å². The third kappa shape index (κ3) is 2.68. The Morgan fingerprint density at radius 1 is 1.14 bits per heavy atom. The molecule has 0 bridgehead atoms. The molecule has 4 rings (SSSR count). The van der Waals surface area contributed by atoms with E-state index in [9.17, 15) is 4.79 Å². The summed E-state index contributed by atoms with van der Waals surface area (Å²) in [6, 6.07) is 5.79. The highest BCUT2D eigenvalue weighted by molar-refractivity contribution is 5.84. The minimum Gasteiger partial charge on any atom is -0.454 e. The molecule has 3 aliphatic rings. The van der Waals surface area contributed by atoms with Crippen molar-refractivity contribution in [3.8, 4) is 11.5 Å². The zero-order valence-electron chi connectivity index (χ0n) is 12.4. The number of carbonyl (C=O) groups excluding carboxylic acids is 1. The number of amides is 1. The van der Waals surface area contributed by atoms with Gasteiger partial charge >= 0.3 is 0 Å². The summed E-state index contributed by atoms with van der Waals surface area (Å²) in [5.74, 6) is 1.68. The Balaban J connectivity index is 1.35. The van der Waals surface area contributed by atoms with Crippen molar-refractivity contribution in [2.45, 2.75) is 31.5 Å². The summed E-state index contributed by atoms with van der Waals surface area (Å²) in [6.45, 7) is 2.02. The maximum absolute atomic E-state index is 12.3. The van der Waals surface area contributed by atoms with Crippen molar-refractivity contribution in [2.24, 2.45) is 0 Å². The van der Waals surface area contributed by atoms with Crippen molar-refractivity contribution >= 4 is 12.0 Å². The zero-order chi connectivity index (χ0) is 14.9. The van der Waals surface area contributed by atoms with Gasteiger partial charge in [0.05, 0.1) is 0 Å². The number of epoxide rings is 1. The molecule has 0 unspecified atom stereocenters. The molecule has 1 amide bonds. The second-order valence-corrected chi connectivity index (χ2v) is 5.88. The van der Waals surface area contributed by atoms with Crippen LogP contribution < -0.4 is 9.47 Å². The standard InChI is InChI=1S/C17H19NO4/c19-17(18-8-2-1-3-9-18)16-14(22-16)7-5-12-4-6-13-15(10-12)21-11-20-13/h4-7,10,14,16H,1-3,8-9,11H2/t14-,16-/m0/s1. The van der Waals surface area contributed by atoms with E-state index in [4.69, 9.17) is 14.2 Å². The highest BCUT2D eigenvalue weighted by Gasteiger charge is 2.45. The van der Waals surface area contributed by atoms with Gasteiger partial charge in [0.2, 0.25) is 6.79 Å². The van der Waals surface area contributed by atoms with Crippen LogP contribution in [-0.2, 0) is 9.53 Å². The van der Waals surface area contributed by atoms with Crippen molar-refractivity contribution < 1.29 is 19.0 Å². The number of nitrogens with zero attached hydrogens (tertiary/aromatic N) is 1. The van der Waals surface area contributed by atoms with E-state index in [2.05, 4.69) is 0 Å². The van der Waals surface area contributed by atoms with E-state index in [1.165, 1.54) is 6.42 Å². The molecule has 0 aromatic heterocycles. The van der Waals surface area contributed by atoms with Crippen molar-refractivity contribution in [3.05, 3.63) is 29.8 Å². The molecule has 3 aliphatic heterocycles. The van der Waals surface area contributed by atoms with Crippen molar-refractivity contribution in [2.75, 3.05) is 19.9 Å². The summed E-state index contributed by atoms with van der Waals surface area (Å²) in [5, 5.41) is 0. The number of fused-ring (bicyclic) bond motifs is 1. The molecule has 0 saturated carbocycles. The van der Waals surface area contributed by atoms with Crippen LogP contribution in [0.2, 0.25) is 0 Å². The Bertz CT molecular complexity index is 607. The van der Waals surface area contributed by atoms with Crippen LogP contribution in [0.1, 0.15) is 24.8 Å². The van der Waals surface area contributed by atoms with Crippen LogP contribution in [0.3, 0.4) is 0 Å². The predicted octanol–water partition coefficient (Wildman–Crippen LogP) is 2.21. The lowest BCUT2D eigenvalue weighted by atomic mass is 10.1. The molecule has 3 heterocycles. The minimum absolute atomic E-state index is 0.0974. The summed E-state index contributed by atoms with van der Waals surface area (Å²) in [6.07, 6.45) is 6.97. The lowest BCUT2D eigenvalue weighted by Crippen LogP contribution is -2.38. The van der Waals surface area contributed by atoms with Crippen LogP contribution in [0.4, 0.5) is 0 Å². The number of piperidine rings is 1. The fraction of sp³-hybridized carbons (Fsp3) is 0.471. The topological polar surface area (TPSA) is 51.3 Å². The Hall–Kier alpha value is -2.01. The summed E-state index contributed by atoms with van der Waals surface area (Å²) in [5.41, 5.74) is 1.02. The van der Waals surface area contributed by atoms with Crippen LogP contribution in [0.15, 0.2) is 24.3 Å². The van der Waals surface area contributed by atoms with Gasteiger partial charge in [-0.05, 0) is 37.0 Å². The molecule has 0 radical (unpaired) electrons. The first-order chi connectivity index (χ1) is 10.8. The molecule has 0 spiro atoms. The van der Waals surface area contributed by atoms with Gasteiger partial charge < -0.3 is 19.1 Å². The van der Waals surface area contributed by atoms with Crippen LogP contribution in [0, 0.1) is 0 Å². The first-order valence-electron chi connectivity index (χ1n) is 7.83. The normalized spacial score (nSPS) is 26.5. The molecular weight excluding hydrogens is 282 g/mol. The van der Waals surface area contributed by atoms with Crippen LogP contribution in [0.5, 0.6) is 11.5 Å². The van der Waals surface area contributed by atoms with Crippen molar-refractivity contribution in [1.29, 1.82) is 0 Å². The predicted molar refractivity (Wildman–Crippen MR) is 80.7 cm³/mol. The van der Waals surface area contributed by atoms with Crippen LogP contribution in [0.25, 0.3) is 6.08 Å². The van der Waals surface area contributed by atoms with Gasteiger partial charge in [-0.25, -0.2) is 0 Å². The first-order valence-corrected chi connectivity index (χ1v) is 7.83. The number of hydrogen-bond acceptors (Lipinski definition) is 4. The lowest BCUT2D eigenvalue weighted by Gasteiger charge is -2.25. The van der Waals surface area contributed by atoms with Gasteiger partial charge in [-0.15, -0.1) is 0 Å². The Morgan fingerprint density at radius 2 is 1.95 bits per heavy atom. The van der Waals surface area contributed by atoms with E-state index < -0.39 is 0 Å². The molecule has 2 saturated heterocycles. The second kappa shape index (κ2) is 5.65. The number of hydrogen-bond donors (Lipinski definition) is 0. The summed E-state index contributed by atoms with van der Waals surface area (Å²) >= 11 is 0. The fourth-order valence-corrected chi connectivity index (χ4v) is 2.99. The van der Waals surface area contributed by atoms with E-state index >= 15 is 0 Å². The van der Waals surface area contributed by atoms with Gasteiger partial charge in [0, 0.05) is 13.1 Å². The SMILES string of the molecule is O=C([C@H]1O[C@H]1C=Cc1ccc2c(c1)OCO2)N1CCCCC1. The molecule has 1 aromatic carbocycles. The number of rotatable bonds is 3. The molecule has 2 atom stereocenters. The highest BCUT2D eigenvalue weighted by Crippen LogP contribution is 2.33. The Kier molecular flexibility index (Phi) is 3.50.